The second-order valence-corrected chi connectivity index (χ2v) is 5.82. The number of methoxy groups -OCH3 is 1. The fourth-order valence-corrected chi connectivity index (χ4v) is 3.41. The summed E-state index contributed by atoms with van der Waals surface area (Å²) in [5, 5.41) is 0. The maximum Gasteiger partial charge on any atom is 0.121 e. The lowest BCUT2D eigenvalue weighted by Crippen LogP contribution is -2.33. The van der Waals surface area contributed by atoms with Crippen molar-refractivity contribution in [1.82, 2.24) is 9.55 Å². The average Bonchev–Trinajstić information content (AvgIpc) is 2.88. The number of alkyl halides is 1. The highest BCUT2D eigenvalue weighted by atomic mass is 35.5. The van der Waals surface area contributed by atoms with Crippen molar-refractivity contribution in [2.24, 2.45) is 0 Å². The van der Waals surface area contributed by atoms with E-state index in [1.165, 1.54) is 5.52 Å². The maximum atomic E-state index is 6.00. The number of fused-ring (bicyclic) bond motifs is 1. The van der Waals surface area contributed by atoms with Crippen LogP contribution in [0.4, 0.5) is 0 Å². The van der Waals surface area contributed by atoms with Crippen LogP contribution in [0.2, 0.25) is 0 Å². The second kappa shape index (κ2) is 6.69. The van der Waals surface area contributed by atoms with Gasteiger partial charge in [-0.3, -0.25) is 0 Å². The molecule has 2 aromatic rings. The zero-order valence-electron chi connectivity index (χ0n) is 13.4. The maximum absolute atomic E-state index is 6.00. The van der Waals surface area contributed by atoms with E-state index in [9.17, 15) is 0 Å². The molecule has 0 unspecified atom stereocenters. The van der Waals surface area contributed by atoms with Gasteiger partial charge in [0.2, 0.25) is 0 Å². The summed E-state index contributed by atoms with van der Waals surface area (Å²) >= 11 is 6.00. The van der Waals surface area contributed by atoms with Crippen molar-refractivity contribution in [3.8, 4) is 5.75 Å². The van der Waals surface area contributed by atoms with Gasteiger partial charge in [0.1, 0.15) is 11.6 Å². The Morgan fingerprint density at radius 1 is 1.19 bits per heavy atom. The molecule has 0 radical (unpaired) electrons. The number of aromatic nitrogens is 2. The molecule has 4 heteroatoms. The third-order valence-electron chi connectivity index (χ3n) is 4.70. The highest BCUT2D eigenvalue weighted by molar-refractivity contribution is 6.17. The van der Waals surface area contributed by atoms with E-state index in [4.69, 9.17) is 21.3 Å². The molecule has 21 heavy (non-hydrogen) atoms. The summed E-state index contributed by atoms with van der Waals surface area (Å²) in [6.45, 7) is 6.77. The first-order valence-corrected chi connectivity index (χ1v) is 8.31. The lowest BCUT2D eigenvalue weighted by molar-refractivity contribution is 0.251. The van der Waals surface area contributed by atoms with Crippen LogP contribution in [0.25, 0.3) is 11.0 Å². The minimum atomic E-state index is 0.116. The Bertz CT molecular complexity index is 594. The fourth-order valence-electron chi connectivity index (χ4n) is 3.24. The van der Waals surface area contributed by atoms with E-state index in [0.717, 1.165) is 42.8 Å². The number of ether oxygens (including phenoxy) is 1. The first-order valence-electron chi connectivity index (χ1n) is 7.77. The molecular weight excluding hydrogens is 284 g/mol. The minimum absolute atomic E-state index is 0.116. The van der Waals surface area contributed by atoms with Crippen molar-refractivity contribution in [2.45, 2.75) is 52.0 Å². The van der Waals surface area contributed by atoms with Crippen LogP contribution in [0, 0.1) is 0 Å². The van der Waals surface area contributed by atoms with E-state index < -0.39 is 0 Å². The molecule has 0 saturated carbocycles. The smallest absolute Gasteiger partial charge is 0.121 e. The van der Waals surface area contributed by atoms with Crippen LogP contribution in [0.5, 0.6) is 5.75 Å². The second-order valence-electron chi connectivity index (χ2n) is 5.44. The summed E-state index contributed by atoms with van der Waals surface area (Å²) in [6.07, 6.45) is 4.06. The van der Waals surface area contributed by atoms with Gasteiger partial charge in [-0.1, -0.05) is 20.8 Å². The number of hydrogen-bond donors (Lipinski definition) is 0. The van der Waals surface area contributed by atoms with Gasteiger partial charge in [0.05, 0.1) is 18.1 Å². The summed E-state index contributed by atoms with van der Waals surface area (Å²) in [6, 6.07) is 6.14. The molecule has 0 saturated heterocycles. The Balaban J connectivity index is 2.71. The Morgan fingerprint density at radius 3 is 2.38 bits per heavy atom. The molecule has 0 bridgehead atoms. The zero-order chi connectivity index (χ0) is 15.5. The van der Waals surface area contributed by atoms with Crippen LogP contribution < -0.4 is 4.74 Å². The number of rotatable bonds is 7. The summed E-state index contributed by atoms with van der Waals surface area (Å²) < 4.78 is 7.74. The summed E-state index contributed by atoms with van der Waals surface area (Å²) in [4.78, 5) is 4.82. The first-order chi connectivity index (χ1) is 10.2. The molecule has 0 aliphatic heterocycles. The Labute approximate surface area is 132 Å². The van der Waals surface area contributed by atoms with Crippen molar-refractivity contribution in [2.75, 3.05) is 13.0 Å². The van der Waals surface area contributed by atoms with Crippen LogP contribution in [0.3, 0.4) is 0 Å². The predicted molar refractivity (Wildman–Crippen MR) is 89.6 cm³/mol. The van der Waals surface area contributed by atoms with Gasteiger partial charge in [-0.15, -0.1) is 11.6 Å². The minimum Gasteiger partial charge on any atom is -0.497 e. The number of benzene rings is 1. The van der Waals surface area contributed by atoms with E-state index in [1.54, 1.807) is 7.11 Å². The van der Waals surface area contributed by atoms with Gasteiger partial charge in [0.25, 0.3) is 0 Å². The molecule has 1 heterocycles. The fraction of sp³-hybridized carbons (Fsp3) is 0.588. The van der Waals surface area contributed by atoms with Gasteiger partial charge in [0.15, 0.2) is 0 Å². The van der Waals surface area contributed by atoms with E-state index in [-0.39, 0.29) is 5.54 Å². The zero-order valence-corrected chi connectivity index (χ0v) is 14.2. The number of imidazole rings is 1. The van der Waals surface area contributed by atoms with E-state index in [0.29, 0.717) is 5.88 Å². The molecule has 0 fully saturated rings. The monoisotopic (exact) mass is 308 g/mol. The Morgan fingerprint density at radius 2 is 1.86 bits per heavy atom. The third-order valence-corrected chi connectivity index (χ3v) is 4.89. The van der Waals surface area contributed by atoms with E-state index in [1.807, 2.05) is 12.1 Å². The molecule has 0 amide bonds. The molecule has 0 aliphatic carbocycles. The van der Waals surface area contributed by atoms with Crippen LogP contribution >= 0.6 is 11.6 Å². The molecule has 2 rings (SSSR count). The first kappa shape index (κ1) is 16.2. The molecule has 0 aliphatic rings. The molecule has 1 aromatic carbocycles. The van der Waals surface area contributed by atoms with E-state index >= 15 is 0 Å². The third kappa shape index (κ3) is 2.76. The van der Waals surface area contributed by atoms with Crippen molar-refractivity contribution < 1.29 is 4.74 Å². The number of halogens is 1. The number of nitrogens with zero attached hydrogens (tertiary/aromatic N) is 2. The largest absolute Gasteiger partial charge is 0.497 e. The summed E-state index contributed by atoms with van der Waals surface area (Å²) in [5.41, 5.74) is 2.29. The van der Waals surface area contributed by atoms with Gasteiger partial charge >= 0.3 is 0 Å². The van der Waals surface area contributed by atoms with Crippen LogP contribution in [-0.4, -0.2) is 22.5 Å². The molecule has 116 valence electrons. The van der Waals surface area contributed by atoms with Crippen molar-refractivity contribution in [3.63, 3.8) is 0 Å². The topological polar surface area (TPSA) is 27.1 Å². The van der Waals surface area contributed by atoms with Crippen LogP contribution in [0.15, 0.2) is 18.2 Å². The molecule has 0 atom stereocenters. The van der Waals surface area contributed by atoms with Crippen LogP contribution in [0.1, 0.15) is 45.9 Å². The molecule has 0 N–H and O–H groups in total. The standard InChI is InChI=1S/C17H25ClN2O/c1-5-17(6-2,7-3)20-15-9-8-13(21-4)12-14(15)19-16(20)10-11-18/h8-9,12H,5-7,10-11H2,1-4H3. The normalized spacial score (nSPS) is 12.0. The van der Waals surface area contributed by atoms with Gasteiger partial charge in [0, 0.05) is 23.9 Å². The SMILES string of the molecule is CCC(CC)(CC)n1c(CCCl)nc2cc(OC)ccc21. The lowest BCUT2D eigenvalue weighted by Gasteiger charge is -2.34. The number of aryl methyl sites for hydroxylation is 1. The Hall–Kier alpha value is -1.22. The van der Waals surface area contributed by atoms with Crippen molar-refractivity contribution in [3.05, 3.63) is 24.0 Å². The van der Waals surface area contributed by atoms with Gasteiger partial charge in [-0.05, 0) is 31.4 Å². The molecule has 0 spiro atoms. The van der Waals surface area contributed by atoms with Gasteiger partial charge < -0.3 is 9.30 Å². The molecular formula is C17H25ClN2O. The number of hydrogen-bond acceptors (Lipinski definition) is 2. The van der Waals surface area contributed by atoms with Gasteiger partial charge in [-0.25, -0.2) is 4.98 Å². The highest BCUT2D eigenvalue weighted by Gasteiger charge is 2.30. The molecule has 1 aromatic heterocycles. The lowest BCUT2D eigenvalue weighted by atomic mass is 9.89. The summed E-state index contributed by atoms with van der Waals surface area (Å²) in [7, 11) is 1.69. The van der Waals surface area contributed by atoms with Gasteiger partial charge in [-0.2, -0.15) is 0 Å². The quantitative estimate of drug-likeness (QED) is 0.690. The van der Waals surface area contributed by atoms with E-state index in [2.05, 4.69) is 31.4 Å². The van der Waals surface area contributed by atoms with Crippen molar-refractivity contribution in [1.29, 1.82) is 0 Å². The predicted octanol–water partition coefficient (Wildman–Crippen LogP) is 4.75. The highest BCUT2D eigenvalue weighted by Crippen LogP contribution is 2.35. The Kier molecular flexibility index (Phi) is 5.15. The van der Waals surface area contributed by atoms with Crippen LogP contribution in [-0.2, 0) is 12.0 Å². The average molecular weight is 309 g/mol. The molecule has 3 nitrogen and oxygen atoms in total. The van der Waals surface area contributed by atoms with Crippen molar-refractivity contribution >= 4 is 22.6 Å². The summed E-state index contributed by atoms with van der Waals surface area (Å²) in [5.74, 6) is 2.52.